The molecule has 34 heavy (non-hydrogen) atoms. The predicted molar refractivity (Wildman–Crippen MR) is 126 cm³/mol. The standard InChI is InChI=1S/C26H29N3O5/c1-16(13-14-27)23(25(31)32)29(4)24(30)17(2)28(3)26(33)34-15-22-20-11-7-5-9-18(20)19-10-6-8-12-21(19)22/h5-12,16-17,22-23H,13,15H2,1-4H3,(H,31,32)/t16-,17-,23?/m1/s1. The highest BCUT2D eigenvalue weighted by atomic mass is 16.6. The molecule has 0 bridgehead atoms. The molecule has 2 aromatic carbocycles. The molecule has 1 N–H and O–H groups in total. The van der Waals surface area contributed by atoms with E-state index in [1.807, 2.05) is 54.6 Å². The monoisotopic (exact) mass is 463 g/mol. The minimum atomic E-state index is -1.20. The van der Waals surface area contributed by atoms with Gasteiger partial charge in [-0.15, -0.1) is 0 Å². The average molecular weight is 464 g/mol. The van der Waals surface area contributed by atoms with Crippen LogP contribution in [0.4, 0.5) is 4.79 Å². The molecule has 2 amide bonds. The number of hydrogen-bond donors (Lipinski definition) is 1. The largest absolute Gasteiger partial charge is 0.480 e. The van der Waals surface area contributed by atoms with E-state index in [-0.39, 0.29) is 18.9 Å². The zero-order chi connectivity index (χ0) is 25.0. The molecule has 2 aromatic rings. The number of carboxylic acids is 1. The van der Waals surface area contributed by atoms with Gasteiger partial charge >= 0.3 is 12.1 Å². The maximum Gasteiger partial charge on any atom is 0.410 e. The summed E-state index contributed by atoms with van der Waals surface area (Å²) in [7, 11) is 2.82. The van der Waals surface area contributed by atoms with E-state index in [0.717, 1.165) is 27.2 Å². The van der Waals surface area contributed by atoms with Crippen molar-refractivity contribution in [2.45, 2.75) is 38.3 Å². The van der Waals surface area contributed by atoms with Crippen molar-refractivity contribution < 1.29 is 24.2 Å². The lowest BCUT2D eigenvalue weighted by molar-refractivity contribution is -0.152. The van der Waals surface area contributed by atoms with Gasteiger partial charge in [0, 0.05) is 32.4 Å². The summed E-state index contributed by atoms with van der Waals surface area (Å²) in [4.78, 5) is 39.7. The van der Waals surface area contributed by atoms with Crippen molar-refractivity contribution in [3.8, 4) is 17.2 Å². The molecular formula is C26H29N3O5. The van der Waals surface area contributed by atoms with Crippen LogP contribution in [0.25, 0.3) is 11.1 Å². The van der Waals surface area contributed by atoms with Gasteiger partial charge in [0.15, 0.2) is 0 Å². The fourth-order valence-corrected chi connectivity index (χ4v) is 4.50. The second-order valence-corrected chi connectivity index (χ2v) is 8.66. The molecule has 8 nitrogen and oxygen atoms in total. The number of likely N-dealkylation sites (N-methyl/N-ethyl adjacent to an activating group) is 2. The lowest BCUT2D eigenvalue weighted by atomic mass is 9.97. The van der Waals surface area contributed by atoms with Crippen LogP contribution >= 0.6 is 0 Å². The van der Waals surface area contributed by atoms with Gasteiger partial charge in [0.2, 0.25) is 5.91 Å². The maximum absolute atomic E-state index is 13.0. The van der Waals surface area contributed by atoms with E-state index in [9.17, 15) is 19.5 Å². The van der Waals surface area contributed by atoms with Crippen LogP contribution in [0.5, 0.6) is 0 Å². The number of hydrogen-bond acceptors (Lipinski definition) is 5. The highest BCUT2D eigenvalue weighted by Crippen LogP contribution is 2.44. The number of aliphatic carboxylic acids is 1. The number of carboxylic acid groups (broad SMARTS) is 1. The van der Waals surface area contributed by atoms with Crippen molar-refractivity contribution >= 4 is 18.0 Å². The van der Waals surface area contributed by atoms with Crippen LogP contribution in [0.1, 0.15) is 37.3 Å². The molecule has 3 rings (SSSR count). The summed E-state index contributed by atoms with van der Waals surface area (Å²) >= 11 is 0. The van der Waals surface area contributed by atoms with E-state index in [4.69, 9.17) is 10.00 Å². The van der Waals surface area contributed by atoms with Crippen LogP contribution in [0.3, 0.4) is 0 Å². The maximum atomic E-state index is 13.0. The lowest BCUT2D eigenvalue weighted by Crippen LogP contribution is -2.53. The number of fused-ring (bicyclic) bond motifs is 3. The SMILES string of the molecule is C[C@H](CC#N)C(C(=O)O)N(C)C(=O)[C@@H](C)N(C)C(=O)OCC1c2ccccc2-c2ccccc21. The number of benzene rings is 2. The van der Waals surface area contributed by atoms with Gasteiger partial charge in [-0.1, -0.05) is 55.5 Å². The van der Waals surface area contributed by atoms with Crippen LogP contribution in [-0.2, 0) is 14.3 Å². The Bertz CT molecular complexity index is 1080. The number of ether oxygens (including phenoxy) is 1. The van der Waals surface area contributed by atoms with Crippen molar-refractivity contribution in [2.24, 2.45) is 5.92 Å². The van der Waals surface area contributed by atoms with Crippen molar-refractivity contribution in [1.29, 1.82) is 5.26 Å². The Balaban J connectivity index is 1.68. The number of nitriles is 1. The zero-order valence-corrected chi connectivity index (χ0v) is 19.8. The van der Waals surface area contributed by atoms with Crippen LogP contribution in [0.2, 0.25) is 0 Å². The van der Waals surface area contributed by atoms with E-state index < -0.39 is 36.0 Å². The first-order valence-corrected chi connectivity index (χ1v) is 11.1. The Morgan fingerprint density at radius 2 is 1.53 bits per heavy atom. The van der Waals surface area contributed by atoms with E-state index in [1.54, 1.807) is 6.92 Å². The molecule has 1 aliphatic rings. The Labute approximate surface area is 199 Å². The molecule has 0 spiro atoms. The molecule has 0 heterocycles. The van der Waals surface area contributed by atoms with Crippen molar-refractivity contribution in [2.75, 3.05) is 20.7 Å². The van der Waals surface area contributed by atoms with Gasteiger partial charge in [-0.05, 0) is 29.2 Å². The quantitative estimate of drug-likeness (QED) is 0.639. The summed E-state index contributed by atoms with van der Waals surface area (Å²) in [6.07, 6.45) is -0.682. The second kappa shape index (κ2) is 10.4. The summed E-state index contributed by atoms with van der Waals surface area (Å²) in [6, 6.07) is 15.8. The third-order valence-electron chi connectivity index (χ3n) is 6.53. The van der Waals surface area contributed by atoms with Gasteiger partial charge in [-0.25, -0.2) is 9.59 Å². The molecule has 1 aliphatic carbocycles. The van der Waals surface area contributed by atoms with Gasteiger partial charge in [-0.2, -0.15) is 5.26 Å². The fourth-order valence-electron chi connectivity index (χ4n) is 4.50. The van der Waals surface area contributed by atoms with E-state index in [1.165, 1.54) is 25.9 Å². The van der Waals surface area contributed by atoms with Crippen molar-refractivity contribution in [3.63, 3.8) is 0 Å². The minimum absolute atomic E-state index is 0.00874. The fraction of sp³-hybridized carbons (Fsp3) is 0.385. The highest BCUT2D eigenvalue weighted by Gasteiger charge is 2.36. The Morgan fingerprint density at radius 1 is 1.00 bits per heavy atom. The van der Waals surface area contributed by atoms with Gasteiger partial charge < -0.3 is 14.7 Å². The van der Waals surface area contributed by atoms with Gasteiger partial charge in [0.05, 0.1) is 6.07 Å². The molecule has 1 unspecified atom stereocenters. The van der Waals surface area contributed by atoms with E-state index in [2.05, 4.69) is 0 Å². The Hall–Kier alpha value is -3.86. The van der Waals surface area contributed by atoms with Crippen LogP contribution < -0.4 is 0 Å². The predicted octanol–water partition coefficient (Wildman–Crippen LogP) is 3.72. The van der Waals surface area contributed by atoms with E-state index >= 15 is 0 Å². The molecule has 0 aromatic heterocycles. The highest BCUT2D eigenvalue weighted by molar-refractivity contribution is 5.89. The minimum Gasteiger partial charge on any atom is -0.480 e. The van der Waals surface area contributed by atoms with Gasteiger partial charge in [0.25, 0.3) is 0 Å². The molecule has 0 aliphatic heterocycles. The molecule has 3 atom stereocenters. The number of carbonyl (C=O) groups is 3. The third-order valence-corrected chi connectivity index (χ3v) is 6.53. The molecule has 178 valence electrons. The van der Waals surface area contributed by atoms with E-state index in [0.29, 0.717) is 0 Å². The van der Waals surface area contributed by atoms with Gasteiger partial charge in [-0.3, -0.25) is 9.69 Å². The summed E-state index contributed by atoms with van der Waals surface area (Å²) in [5, 5.41) is 18.5. The van der Waals surface area contributed by atoms with Crippen molar-refractivity contribution in [3.05, 3.63) is 59.7 Å². The number of carbonyl (C=O) groups excluding carboxylic acids is 2. The molecule has 0 saturated heterocycles. The molecular weight excluding hydrogens is 434 g/mol. The Kier molecular flexibility index (Phi) is 7.57. The van der Waals surface area contributed by atoms with Crippen LogP contribution in [0.15, 0.2) is 48.5 Å². The average Bonchev–Trinajstić information content (AvgIpc) is 3.14. The topological polar surface area (TPSA) is 111 Å². The third kappa shape index (κ3) is 4.74. The summed E-state index contributed by atoms with van der Waals surface area (Å²) < 4.78 is 5.60. The first-order chi connectivity index (χ1) is 16.2. The first-order valence-electron chi connectivity index (χ1n) is 11.1. The summed E-state index contributed by atoms with van der Waals surface area (Å²) in [5.74, 6) is -2.42. The molecule has 0 saturated carbocycles. The normalized spacial score (nSPS) is 14.7. The van der Waals surface area contributed by atoms with Crippen LogP contribution in [-0.4, -0.2) is 65.7 Å². The molecule has 8 heteroatoms. The molecule has 0 fully saturated rings. The smallest absolute Gasteiger partial charge is 0.410 e. The van der Waals surface area contributed by atoms with Crippen LogP contribution in [0, 0.1) is 17.2 Å². The van der Waals surface area contributed by atoms with Gasteiger partial charge in [0.1, 0.15) is 18.7 Å². The number of rotatable bonds is 8. The number of amides is 2. The first kappa shape index (κ1) is 24.8. The molecule has 0 radical (unpaired) electrons. The second-order valence-electron chi connectivity index (χ2n) is 8.66. The Morgan fingerprint density at radius 3 is 2.03 bits per heavy atom. The summed E-state index contributed by atoms with van der Waals surface area (Å²) in [6.45, 7) is 3.24. The summed E-state index contributed by atoms with van der Waals surface area (Å²) in [5.41, 5.74) is 4.39. The lowest BCUT2D eigenvalue weighted by Gasteiger charge is -2.33. The van der Waals surface area contributed by atoms with Crippen molar-refractivity contribution in [1.82, 2.24) is 9.80 Å². The zero-order valence-electron chi connectivity index (χ0n) is 19.8. The number of nitrogens with zero attached hydrogens (tertiary/aromatic N) is 3.